The summed E-state index contributed by atoms with van der Waals surface area (Å²) in [5.74, 6) is -0.883. The van der Waals surface area contributed by atoms with Gasteiger partial charge < -0.3 is 5.11 Å². The Morgan fingerprint density at radius 3 is 1.95 bits per heavy atom. The Morgan fingerprint density at radius 1 is 0.909 bits per heavy atom. The van der Waals surface area contributed by atoms with Gasteiger partial charge in [-0.05, 0) is 35.2 Å². The molecule has 0 atom stereocenters. The summed E-state index contributed by atoms with van der Waals surface area (Å²) >= 11 is 0. The van der Waals surface area contributed by atoms with E-state index >= 15 is 0 Å². The first-order valence-corrected chi connectivity index (χ1v) is 7.12. The minimum absolute atomic E-state index is 0.0810. The molecule has 1 N–H and O–H groups in total. The number of rotatable bonds is 1. The van der Waals surface area contributed by atoms with Gasteiger partial charge in [0, 0.05) is 0 Å². The number of hydrogen-bond donors (Lipinski definition) is 1. The molecule has 3 rings (SSSR count). The van der Waals surface area contributed by atoms with Crippen LogP contribution in [0.2, 0.25) is 0 Å². The lowest BCUT2D eigenvalue weighted by molar-refractivity contribution is 0.0925. The first-order chi connectivity index (χ1) is 10.3. The maximum absolute atomic E-state index is 12.5. The van der Waals surface area contributed by atoms with Crippen molar-refractivity contribution in [3.8, 4) is 5.75 Å². The van der Waals surface area contributed by atoms with E-state index in [1.807, 2.05) is 20.8 Å². The Balaban J connectivity index is 2.14. The molecule has 0 saturated heterocycles. The second-order valence-corrected chi connectivity index (χ2v) is 6.44. The second-order valence-electron chi connectivity index (χ2n) is 6.44. The van der Waals surface area contributed by atoms with Crippen molar-refractivity contribution < 1.29 is 14.7 Å². The number of amides is 2. The minimum atomic E-state index is -0.401. The normalized spacial score (nSPS) is 14.4. The minimum Gasteiger partial charge on any atom is -0.506 e. The van der Waals surface area contributed by atoms with Crippen molar-refractivity contribution in [2.24, 2.45) is 0 Å². The van der Waals surface area contributed by atoms with Crippen LogP contribution in [0, 0.1) is 0 Å². The van der Waals surface area contributed by atoms with Crippen molar-refractivity contribution in [2.45, 2.75) is 26.2 Å². The fourth-order valence-corrected chi connectivity index (χ4v) is 2.58. The molecule has 1 heterocycles. The van der Waals surface area contributed by atoms with E-state index in [0.717, 1.165) is 10.5 Å². The molecule has 0 aliphatic carbocycles. The number of benzene rings is 2. The molecule has 0 fully saturated rings. The van der Waals surface area contributed by atoms with Crippen molar-refractivity contribution in [1.29, 1.82) is 0 Å². The maximum Gasteiger partial charge on any atom is 0.266 e. The van der Waals surface area contributed by atoms with Crippen LogP contribution >= 0.6 is 0 Å². The molecule has 2 aromatic carbocycles. The molecule has 0 bridgehead atoms. The molecule has 0 saturated carbocycles. The summed E-state index contributed by atoms with van der Waals surface area (Å²) in [7, 11) is 0. The van der Waals surface area contributed by atoms with Gasteiger partial charge in [-0.2, -0.15) is 0 Å². The predicted octanol–water partition coefficient (Wildman–Crippen LogP) is 3.49. The SMILES string of the molecule is CC(C)(C)c1ccc(O)c(N2C(=O)c3ccccc3C2=O)c1. The number of carbonyl (C=O) groups excluding carboxylic acids is 2. The Bertz CT molecular complexity index is 752. The molecular weight excluding hydrogens is 278 g/mol. The number of anilines is 1. The lowest BCUT2D eigenvalue weighted by Crippen LogP contribution is -2.29. The highest BCUT2D eigenvalue weighted by atomic mass is 16.3. The zero-order valence-electron chi connectivity index (χ0n) is 12.8. The molecule has 0 radical (unpaired) electrons. The van der Waals surface area contributed by atoms with Crippen LogP contribution in [0.3, 0.4) is 0 Å². The number of phenolic OH excluding ortho intramolecular Hbond substituents is 1. The van der Waals surface area contributed by atoms with E-state index in [2.05, 4.69) is 0 Å². The van der Waals surface area contributed by atoms with Gasteiger partial charge in [-0.3, -0.25) is 9.59 Å². The summed E-state index contributed by atoms with van der Waals surface area (Å²) < 4.78 is 0. The fraction of sp³-hybridized carbons (Fsp3) is 0.222. The van der Waals surface area contributed by atoms with Gasteiger partial charge in [0.15, 0.2) is 0 Å². The number of nitrogens with zero attached hydrogens (tertiary/aromatic N) is 1. The number of imide groups is 1. The van der Waals surface area contributed by atoms with Gasteiger partial charge in [-0.25, -0.2) is 4.90 Å². The van der Waals surface area contributed by atoms with E-state index in [1.165, 1.54) is 6.07 Å². The Morgan fingerprint density at radius 2 is 1.45 bits per heavy atom. The van der Waals surface area contributed by atoms with Crippen molar-refractivity contribution in [3.05, 3.63) is 59.2 Å². The molecule has 2 amide bonds. The molecule has 4 heteroatoms. The lowest BCUT2D eigenvalue weighted by Gasteiger charge is -2.22. The molecule has 2 aromatic rings. The van der Waals surface area contributed by atoms with Crippen LogP contribution in [0.5, 0.6) is 5.75 Å². The molecule has 0 unspecified atom stereocenters. The van der Waals surface area contributed by atoms with Crippen LogP contribution in [-0.2, 0) is 5.41 Å². The topological polar surface area (TPSA) is 57.6 Å². The van der Waals surface area contributed by atoms with Crippen molar-refractivity contribution >= 4 is 17.5 Å². The first-order valence-electron chi connectivity index (χ1n) is 7.12. The van der Waals surface area contributed by atoms with Gasteiger partial charge in [0.1, 0.15) is 5.75 Å². The van der Waals surface area contributed by atoms with Gasteiger partial charge >= 0.3 is 0 Å². The lowest BCUT2D eigenvalue weighted by atomic mass is 9.86. The highest BCUT2D eigenvalue weighted by Crippen LogP contribution is 2.37. The van der Waals surface area contributed by atoms with E-state index in [-0.39, 0.29) is 16.9 Å². The number of phenols is 1. The fourth-order valence-electron chi connectivity index (χ4n) is 2.58. The predicted molar refractivity (Wildman–Crippen MR) is 84.4 cm³/mol. The van der Waals surface area contributed by atoms with Crippen molar-refractivity contribution in [2.75, 3.05) is 4.90 Å². The number of aromatic hydroxyl groups is 1. The van der Waals surface area contributed by atoms with Gasteiger partial charge in [0.25, 0.3) is 11.8 Å². The van der Waals surface area contributed by atoms with Crippen LogP contribution in [0.25, 0.3) is 0 Å². The molecule has 1 aliphatic heterocycles. The molecule has 1 aliphatic rings. The van der Waals surface area contributed by atoms with E-state index in [4.69, 9.17) is 0 Å². The Labute approximate surface area is 129 Å². The smallest absolute Gasteiger partial charge is 0.266 e. The van der Waals surface area contributed by atoms with Crippen LogP contribution < -0.4 is 4.90 Å². The molecule has 112 valence electrons. The zero-order valence-corrected chi connectivity index (χ0v) is 12.8. The molecule has 0 aromatic heterocycles. The average molecular weight is 295 g/mol. The highest BCUT2D eigenvalue weighted by molar-refractivity contribution is 6.34. The first kappa shape index (κ1) is 14.3. The third-order valence-corrected chi connectivity index (χ3v) is 3.88. The number of fused-ring (bicyclic) bond motifs is 1. The summed E-state index contributed by atoms with van der Waals surface area (Å²) in [6.07, 6.45) is 0. The summed E-state index contributed by atoms with van der Waals surface area (Å²) in [5.41, 5.74) is 1.76. The second kappa shape index (κ2) is 4.70. The van der Waals surface area contributed by atoms with Crippen LogP contribution in [0.1, 0.15) is 47.1 Å². The van der Waals surface area contributed by atoms with Crippen LogP contribution in [-0.4, -0.2) is 16.9 Å². The molecule has 4 nitrogen and oxygen atoms in total. The van der Waals surface area contributed by atoms with E-state index in [9.17, 15) is 14.7 Å². The number of carbonyl (C=O) groups is 2. The third kappa shape index (κ3) is 2.08. The third-order valence-electron chi connectivity index (χ3n) is 3.88. The van der Waals surface area contributed by atoms with Crippen LogP contribution in [0.4, 0.5) is 5.69 Å². The summed E-state index contributed by atoms with van der Waals surface area (Å²) in [4.78, 5) is 26.1. The summed E-state index contributed by atoms with van der Waals surface area (Å²) in [5, 5.41) is 10.1. The van der Waals surface area contributed by atoms with Gasteiger partial charge in [-0.15, -0.1) is 0 Å². The quantitative estimate of drug-likeness (QED) is 0.819. The van der Waals surface area contributed by atoms with E-state index < -0.39 is 11.8 Å². The van der Waals surface area contributed by atoms with E-state index in [0.29, 0.717) is 11.1 Å². The highest BCUT2D eigenvalue weighted by Gasteiger charge is 2.37. The van der Waals surface area contributed by atoms with Crippen LogP contribution in [0.15, 0.2) is 42.5 Å². The molecule has 0 spiro atoms. The van der Waals surface area contributed by atoms with Gasteiger partial charge in [-0.1, -0.05) is 39.0 Å². The van der Waals surface area contributed by atoms with Crippen molar-refractivity contribution in [3.63, 3.8) is 0 Å². The summed E-state index contributed by atoms with van der Waals surface area (Å²) in [6, 6.07) is 11.7. The van der Waals surface area contributed by atoms with E-state index in [1.54, 1.807) is 36.4 Å². The largest absolute Gasteiger partial charge is 0.506 e. The maximum atomic E-state index is 12.5. The molecular formula is C18H17NO3. The summed E-state index contributed by atoms with van der Waals surface area (Å²) in [6.45, 7) is 6.10. The van der Waals surface area contributed by atoms with Gasteiger partial charge in [0.05, 0.1) is 16.8 Å². The Hall–Kier alpha value is -2.62. The standard InChI is InChI=1S/C18H17NO3/c1-18(2,3)11-8-9-15(20)14(10-11)19-16(21)12-6-4-5-7-13(12)17(19)22/h4-10,20H,1-3H3. The Kier molecular flexibility index (Phi) is 3.06. The van der Waals surface area contributed by atoms with Crippen molar-refractivity contribution in [1.82, 2.24) is 0 Å². The monoisotopic (exact) mass is 295 g/mol. The average Bonchev–Trinajstić information content (AvgIpc) is 2.71. The number of hydrogen-bond acceptors (Lipinski definition) is 3. The van der Waals surface area contributed by atoms with Gasteiger partial charge in [0.2, 0.25) is 0 Å². The molecule has 22 heavy (non-hydrogen) atoms. The zero-order chi connectivity index (χ0) is 16.1.